The number of benzene rings is 2. The molecular weight excluding hydrogens is 414 g/mol. The summed E-state index contributed by atoms with van der Waals surface area (Å²) < 4.78 is 13.9. The fourth-order valence-corrected chi connectivity index (χ4v) is 4.30. The Morgan fingerprint density at radius 3 is 2.42 bits per heavy atom. The Bertz CT molecular complexity index is 1040. The second-order valence-electron chi connectivity index (χ2n) is 9.22. The molecule has 2 aromatic carbocycles. The number of aromatic nitrogens is 2. The van der Waals surface area contributed by atoms with Crippen LogP contribution < -0.4 is 9.47 Å². The van der Waals surface area contributed by atoms with Gasteiger partial charge in [0.15, 0.2) is 0 Å². The molecule has 0 radical (unpaired) electrons. The summed E-state index contributed by atoms with van der Waals surface area (Å²) in [4.78, 5) is 6.62. The molecule has 1 aromatic heterocycles. The molecule has 1 aliphatic rings. The maximum absolute atomic E-state index is 11.0. The third-order valence-corrected chi connectivity index (χ3v) is 6.47. The molecule has 4 rings (SSSR count). The predicted molar refractivity (Wildman–Crippen MR) is 130 cm³/mol. The quantitative estimate of drug-likeness (QED) is 0.528. The van der Waals surface area contributed by atoms with Gasteiger partial charge in [0, 0.05) is 32.0 Å². The lowest BCUT2D eigenvalue weighted by molar-refractivity contribution is -0.0538. The zero-order valence-electron chi connectivity index (χ0n) is 20.0. The number of piperidine rings is 1. The number of ether oxygens (including phenoxy) is 2. The van der Waals surface area contributed by atoms with Gasteiger partial charge in [-0.25, -0.2) is 4.98 Å². The monoisotopic (exact) mass is 449 g/mol. The number of nitrogens with zero attached hydrogens (tertiary/aromatic N) is 3. The number of imidazole rings is 1. The maximum Gasteiger partial charge on any atom is 0.122 e. The number of aryl methyl sites for hydroxylation is 3. The molecule has 2 heterocycles. The van der Waals surface area contributed by atoms with Crippen LogP contribution in [0, 0.1) is 20.8 Å². The van der Waals surface area contributed by atoms with E-state index in [1.165, 1.54) is 11.1 Å². The van der Waals surface area contributed by atoms with Gasteiger partial charge in [-0.15, -0.1) is 0 Å². The van der Waals surface area contributed by atoms with Crippen molar-refractivity contribution in [3.8, 4) is 11.5 Å². The largest absolute Gasteiger partial charge is 0.492 e. The van der Waals surface area contributed by atoms with E-state index in [1.807, 2.05) is 50.5 Å². The molecule has 1 fully saturated rings. The summed E-state index contributed by atoms with van der Waals surface area (Å²) in [5.41, 5.74) is 2.82. The molecule has 0 amide bonds. The highest BCUT2D eigenvalue weighted by molar-refractivity contribution is 5.35. The van der Waals surface area contributed by atoms with Crippen molar-refractivity contribution in [2.45, 2.75) is 52.3 Å². The Labute approximate surface area is 196 Å². The molecule has 0 bridgehead atoms. The average molecular weight is 450 g/mol. The van der Waals surface area contributed by atoms with Crippen LogP contribution in [0.15, 0.2) is 54.9 Å². The van der Waals surface area contributed by atoms with Crippen LogP contribution in [0.4, 0.5) is 0 Å². The van der Waals surface area contributed by atoms with Crippen molar-refractivity contribution in [2.24, 2.45) is 0 Å². The number of aliphatic hydroxyl groups is 1. The van der Waals surface area contributed by atoms with Crippen molar-refractivity contribution >= 4 is 0 Å². The second kappa shape index (κ2) is 10.4. The highest BCUT2D eigenvalue weighted by atomic mass is 16.5. The topological polar surface area (TPSA) is 59.8 Å². The van der Waals surface area contributed by atoms with E-state index in [9.17, 15) is 5.11 Å². The molecule has 1 N–H and O–H groups in total. The van der Waals surface area contributed by atoms with Crippen molar-refractivity contribution in [3.63, 3.8) is 0 Å². The summed E-state index contributed by atoms with van der Waals surface area (Å²) in [7, 11) is 0. The number of hydrogen-bond acceptors (Lipinski definition) is 5. The lowest BCUT2D eigenvalue weighted by atomic mass is 9.92. The molecule has 0 atom stereocenters. The lowest BCUT2D eigenvalue weighted by Gasteiger charge is -2.38. The Balaban J connectivity index is 1.20. The zero-order chi connectivity index (χ0) is 23.3. The fraction of sp³-hybridized carbons (Fsp3) is 0.444. The minimum atomic E-state index is -0.765. The van der Waals surface area contributed by atoms with E-state index in [4.69, 9.17) is 9.47 Å². The Morgan fingerprint density at radius 2 is 1.76 bits per heavy atom. The van der Waals surface area contributed by atoms with Crippen molar-refractivity contribution < 1.29 is 14.6 Å². The van der Waals surface area contributed by atoms with E-state index >= 15 is 0 Å². The Hall–Kier alpha value is -2.83. The highest BCUT2D eigenvalue weighted by Crippen LogP contribution is 2.26. The summed E-state index contributed by atoms with van der Waals surface area (Å²) in [5.74, 6) is 2.74. The van der Waals surface area contributed by atoms with Crippen molar-refractivity contribution in [3.05, 3.63) is 77.4 Å². The minimum absolute atomic E-state index is 0.343. The van der Waals surface area contributed by atoms with Gasteiger partial charge in [-0.3, -0.25) is 4.90 Å². The first kappa shape index (κ1) is 23.3. The third-order valence-electron chi connectivity index (χ3n) is 6.47. The fourth-order valence-electron chi connectivity index (χ4n) is 4.30. The molecule has 0 unspecified atom stereocenters. The van der Waals surface area contributed by atoms with E-state index in [0.717, 1.165) is 49.1 Å². The molecule has 6 nitrogen and oxygen atoms in total. The Kier molecular flexibility index (Phi) is 7.36. The van der Waals surface area contributed by atoms with Gasteiger partial charge in [-0.2, -0.15) is 0 Å². The molecule has 0 spiro atoms. The smallest absolute Gasteiger partial charge is 0.122 e. The van der Waals surface area contributed by atoms with Crippen LogP contribution in [0.25, 0.3) is 0 Å². The molecule has 0 aliphatic carbocycles. The van der Waals surface area contributed by atoms with Crippen LogP contribution in [0.3, 0.4) is 0 Å². The van der Waals surface area contributed by atoms with Crippen LogP contribution >= 0.6 is 0 Å². The van der Waals surface area contributed by atoms with Gasteiger partial charge in [-0.05, 0) is 62.9 Å². The SMILES string of the molecule is Cc1ccc(OCC2(O)CCN(Cc3ccc(OCCn4ccnc4C)cc3)CC2)c(C)c1. The van der Waals surface area contributed by atoms with E-state index in [-0.39, 0.29) is 0 Å². The molecule has 6 heteroatoms. The first-order chi connectivity index (χ1) is 15.9. The van der Waals surface area contributed by atoms with Gasteiger partial charge in [0.2, 0.25) is 0 Å². The average Bonchev–Trinajstić information content (AvgIpc) is 3.21. The first-order valence-electron chi connectivity index (χ1n) is 11.7. The molecule has 33 heavy (non-hydrogen) atoms. The van der Waals surface area contributed by atoms with Gasteiger partial charge >= 0.3 is 0 Å². The van der Waals surface area contributed by atoms with Gasteiger partial charge < -0.3 is 19.1 Å². The van der Waals surface area contributed by atoms with E-state index in [0.29, 0.717) is 26.1 Å². The maximum atomic E-state index is 11.0. The van der Waals surface area contributed by atoms with E-state index < -0.39 is 5.60 Å². The van der Waals surface area contributed by atoms with Crippen LogP contribution in [0.1, 0.15) is 35.4 Å². The van der Waals surface area contributed by atoms with Crippen molar-refractivity contribution in [1.82, 2.24) is 14.5 Å². The highest BCUT2D eigenvalue weighted by Gasteiger charge is 2.33. The van der Waals surface area contributed by atoms with Crippen LogP contribution in [0.2, 0.25) is 0 Å². The van der Waals surface area contributed by atoms with Gasteiger partial charge in [0.1, 0.15) is 36.1 Å². The standard InChI is InChI=1S/C27H35N3O3/c1-21-4-9-26(22(2)18-21)33-20-27(31)10-13-29(14-11-27)19-24-5-7-25(8-6-24)32-17-16-30-15-12-28-23(30)3/h4-9,12,15,18,31H,10-11,13-14,16-17,19-20H2,1-3H3. The third kappa shape index (κ3) is 6.36. The van der Waals surface area contributed by atoms with Crippen LogP contribution in [-0.2, 0) is 13.1 Å². The molecule has 1 aliphatic heterocycles. The number of likely N-dealkylation sites (tertiary alicyclic amines) is 1. The first-order valence-corrected chi connectivity index (χ1v) is 11.7. The van der Waals surface area contributed by atoms with E-state index in [2.05, 4.69) is 39.6 Å². The van der Waals surface area contributed by atoms with Gasteiger partial charge in [0.05, 0.1) is 6.54 Å². The molecule has 3 aromatic rings. The number of hydrogen-bond donors (Lipinski definition) is 1. The van der Waals surface area contributed by atoms with Crippen molar-refractivity contribution in [2.75, 3.05) is 26.3 Å². The summed E-state index contributed by atoms with van der Waals surface area (Å²) >= 11 is 0. The molecule has 1 saturated heterocycles. The second-order valence-corrected chi connectivity index (χ2v) is 9.22. The summed E-state index contributed by atoms with van der Waals surface area (Å²) in [6, 6.07) is 14.5. The lowest BCUT2D eigenvalue weighted by Crippen LogP contribution is -2.47. The predicted octanol–water partition coefficient (Wildman–Crippen LogP) is 4.29. The zero-order valence-corrected chi connectivity index (χ0v) is 20.0. The van der Waals surface area contributed by atoms with Gasteiger partial charge in [0.25, 0.3) is 0 Å². The molecule has 0 saturated carbocycles. The van der Waals surface area contributed by atoms with E-state index in [1.54, 1.807) is 0 Å². The minimum Gasteiger partial charge on any atom is -0.492 e. The summed E-state index contributed by atoms with van der Waals surface area (Å²) in [5, 5.41) is 11.0. The van der Waals surface area contributed by atoms with Crippen LogP contribution in [0.5, 0.6) is 11.5 Å². The van der Waals surface area contributed by atoms with Crippen molar-refractivity contribution in [1.29, 1.82) is 0 Å². The Morgan fingerprint density at radius 1 is 1.00 bits per heavy atom. The summed E-state index contributed by atoms with van der Waals surface area (Å²) in [6.45, 7) is 10.5. The number of rotatable bonds is 9. The molecular formula is C27H35N3O3. The summed E-state index contributed by atoms with van der Waals surface area (Å²) in [6.07, 6.45) is 5.21. The van der Waals surface area contributed by atoms with Crippen LogP contribution in [-0.4, -0.2) is 51.5 Å². The normalized spacial score (nSPS) is 16.0. The van der Waals surface area contributed by atoms with Gasteiger partial charge in [-0.1, -0.05) is 29.8 Å². The molecule has 176 valence electrons.